The van der Waals surface area contributed by atoms with Gasteiger partial charge in [-0.3, -0.25) is 4.79 Å². The number of thioether (sulfide) groups is 1. The zero-order valence-electron chi connectivity index (χ0n) is 8.11. The average Bonchev–Trinajstić information content (AvgIpc) is 2.60. The van der Waals surface area contributed by atoms with Crippen molar-refractivity contribution in [1.29, 1.82) is 0 Å². The standard InChI is InChI=1S/C9H10N2O3S/c1-5(12)11-2-3-15-6-4-10-7(8(6)11)9(13)14/h4,10H,2-3H2,1H3,(H,13,14). The monoisotopic (exact) mass is 226 g/mol. The zero-order chi connectivity index (χ0) is 11.0. The van der Waals surface area contributed by atoms with Gasteiger partial charge in [0.1, 0.15) is 5.69 Å². The number of aromatic carboxylic acids is 1. The number of anilines is 1. The van der Waals surface area contributed by atoms with Crippen LogP contribution in [0.4, 0.5) is 5.69 Å². The number of aromatic nitrogens is 1. The van der Waals surface area contributed by atoms with Crippen molar-refractivity contribution >= 4 is 29.3 Å². The number of fused-ring (bicyclic) bond motifs is 1. The fraction of sp³-hybridized carbons (Fsp3) is 0.333. The van der Waals surface area contributed by atoms with E-state index < -0.39 is 5.97 Å². The van der Waals surface area contributed by atoms with Gasteiger partial charge in [-0.05, 0) is 0 Å². The first kappa shape index (κ1) is 10.1. The highest BCUT2D eigenvalue weighted by molar-refractivity contribution is 7.99. The van der Waals surface area contributed by atoms with Crippen molar-refractivity contribution in [1.82, 2.24) is 4.98 Å². The van der Waals surface area contributed by atoms with Crippen LogP contribution in [0.25, 0.3) is 0 Å². The molecule has 0 fully saturated rings. The van der Waals surface area contributed by atoms with Crippen molar-refractivity contribution in [3.63, 3.8) is 0 Å². The summed E-state index contributed by atoms with van der Waals surface area (Å²) >= 11 is 1.56. The Kier molecular flexibility index (Phi) is 2.44. The molecule has 2 N–H and O–H groups in total. The number of rotatable bonds is 1. The molecule has 1 aliphatic heterocycles. The minimum atomic E-state index is -1.04. The summed E-state index contributed by atoms with van der Waals surface area (Å²) in [5.41, 5.74) is 0.596. The van der Waals surface area contributed by atoms with E-state index in [9.17, 15) is 9.59 Å². The maximum Gasteiger partial charge on any atom is 0.354 e. The minimum Gasteiger partial charge on any atom is -0.477 e. The van der Waals surface area contributed by atoms with Crippen LogP contribution in [0.15, 0.2) is 11.1 Å². The molecule has 2 heterocycles. The third kappa shape index (κ3) is 1.61. The lowest BCUT2D eigenvalue weighted by Crippen LogP contribution is -2.34. The Morgan fingerprint density at radius 1 is 1.60 bits per heavy atom. The zero-order valence-corrected chi connectivity index (χ0v) is 8.93. The fourth-order valence-corrected chi connectivity index (χ4v) is 2.60. The molecule has 0 saturated heterocycles. The lowest BCUT2D eigenvalue weighted by atomic mass is 10.3. The molecule has 0 saturated carbocycles. The molecule has 0 radical (unpaired) electrons. The van der Waals surface area contributed by atoms with Crippen molar-refractivity contribution in [2.45, 2.75) is 11.8 Å². The first-order valence-corrected chi connectivity index (χ1v) is 5.45. The van der Waals surface area contributed by atoms with Gasteiger partial charge in [-0.15, -0.1) is 11.8 Å². The van der Waals surface area contributed by atoms with Crippen LogP contribution < -0.4 is 4.90 Å². The summed E-state index contributed by atoms with van der Waals surface area (Å²) in [5, 5.41) is 8.95. The smallest absolute Gasteiger partial charge is 0.354 e. The molecule has 0 atom stereocenters. The summed E-state index contributed by atoms with van der Waals surface area (Å²) in [5.74, 6) is -0.368. The first-order valence-electron chi connectivity index (χ1n) is 4.47. The molecule has 2 rings (SSSR count). The minimum absolute atomic E-state index is 0.0902. The predicted octanol–water partition coefficient (Wildman–Crippen LogP) is 1.17. The third-order valence-corrected chi connectivity index (χ3v) is 3.26. The van der Waals surface area contributed by atoms with Crippen molar-refractivity contribution in [2.75, 3.05) is 17.2 Å². The number of carbonyl (C=O) groups excluding carboxylic acids is 1. The first-order chi connectivity index (χ1) is 7.11. The van der Waals surface area contributed by atoms with E-state index in [1.165, 1.54) is 11.8 Å². The van der Waals surface area contributed by atoms with Gasteiger partial charge in [0.15, 0.2) is 0 Å². The quantitative estimate of drug-likeness (QED) is 0.754. The van der Waals surface area contributed by atoms with E-state index in [0.29, 0.717) is 12.2 Å². The van der Waals surface area contributed by atoms with Crippen molar-refractivity contribution in [3.8, 4) is 0 Å². The summed E-state index contributed by atoms with van der Waals surface area (Å²) in [6.07, 6.45) is 1.64. The van der Waals surface area contributed by atoms with Gasteiger partial charge < -0.3 is 15.0 Å². The van der Waals surface area contributed by atoms with Crippen LogP contribution in [0.1, 0.15) is 17.4 Å². The van der Waals surface area contributed by atoms with E-state index in [1.54, 1.807) is 18.0 Å². The van der Waals surface area contributed by atoms with Gasteiger partial charge in [-0.25, -0.2) is 4.79 Å². The van der Waals surface area contributed by atoms with Crippen LogP contribution >= 0.6 is 11.8 Å². The second kappa shape index (κ2) is 3.62. The van der Waals surface area contributed by atoms with Crippen LogP contribution in [-0.2, 0) is 4.79 Å². The normalized spacial score (nSPS) is 14.9. The molecule has 1 aliphatic rings. The third-order valence-electron chi connectivity index (χ3n) is 2.25. The molecule has 6 heteroatoms. The number of nitrogens with one attached hydrogen (secondary N) is 1. The lowest BCUT2D eigenvalue weighted by molar-refractivity contribution is -0.116. The highest BCUT2D eigenvalue weighted by Crippen LogP contribution is 2.37. The highest BCUT2D eigenvalue weighted by Gasteiger charge is 2.27. The summed E-state index contributed by atoms with van der Waals surface area (Å²) < 4.78 is 0. The van der Waals surface area contributed by atoms with Gasteiger partial charge in [0.05, 0.1) is 5.69 Å². The number of carboxylic acids is 1. The summed E-state index contributed by atoms with van der Waals surface area (Å²) in [6, 6.07) is 0. The van der Waals surface area contributed by atoms with Gasteiger partial charge in [-0.1, -0.05) is 0 Å². The molecular formula is C9H10N2O3S. The van der Waals surface area contributed by atoms with Crippen molar-refractivity contribution in [2.24, 2.45) is 0 Å². The number of hydrogen-bond donors (Lipinski definition) is 2. The van der Waals surface area contributed by atoms with Gasteiger partial charge in [0.2, 0.25) is 5.91 Å². The van der Waals surface area contributed by atoms with E-state index in [1.807, 2.05) is 0 Å². The lowest BCUT2D eigenvalue weighted by Gasteiger charge is -2.25. The van der Waals surface area contributed by atoms with Gasteiger partial charge >= 0.3 is 5.97 Å². The molecule has 0 spiro atoms. The van der Waals surface area contributed by atoms with Crippen molar-refractivity contribution < 1.29 is 14.7 Å². The van der Waals surface area contributed by atoms with E-state index in [4.69, 9.17) is 5.11 Å². The molecule has 1 amide bonds. The van der Waals surface area contributed by atoms with Gasteiger partial charge in [0.25, 0.3) is 0 Å². The van der Waals surface area contributed by atoms with Crippen LogP contribution in [-0.4, -0.2) is 34.3 Å². The number of carboxylic acid groups (broad SMARTS) is 1. The Balaban J connectivity index is 2.52. The van der Waals surface area contributed by atoms with E-state index >= 15 is 0 Å². The maximum absolute atomic E-state index is 11.3. The predicted molar refractivity (Wildman–Crippen MR) is 56.5 cm³/mol. The van der Waals surface area contributed by atoms with Gasteiger partial charge in [-0.2, -0.15) is 0 Å². The average molecular weight is 226 g/mol. The number of carbonyl (C=O) groups is 2. The Bertz CT molecular complexity index is 427. The van der Waals surface area contributed by atoms with Gasteiger partial charge in [0, 0.05) is 30.3 Å². The Labute approximate surface area is 90.5 Å². The van der Waals surface area contributed by atoms with Crippen LogP contribution in [0.5, 0.6) is 0 Å². The van der Waals surface area contributed by atoms with Crippen LogP contribution in [0, 0.1) is 0 Å². The summed E-state index contributed by atoms with van der Waals surface area (Å²) in [6.45, 7) is 2.00. The Morgan fingerprint density at radius 2 is 2.33 bits per heavy atom. The molecule has 0 unspecified atom stereocenters. The van der Waals surface area contributed by atoms with Crippen LogP contribution in [0.2, 0.25) is 0 Å². The second-order valence-electron chi connectivity index (χ2n) is 3.20. The number of aromatic amines is 1. The topological polar surface area (TPSA) is 73.4 Å². The van der Waals surface area contributed by atoms with E-state index in [2.05, 4.69) is 4.98 Å². The fourth-order valence-electron chi connectivity index (χ4n) is 1.61. The van der Waals surface area contributed by atoms with Crippen molar-refractivity contribution in [3.05, 3.63) is 11.9 Å². The molecule has 5 nitrogen and oxygen atoms in total. The molecule has 0 aliphatic carbocycles. The van der Waals surface area contributed by atoms with E-state index in [0.717, 1.165) is 10.6 Å². The molecule has 0 bridgehead atoms. The molecule has 0 aromatic carbocycles. The van der Waals surface area contributed by atoms with E-state index in [-0.39, 0.29) is 11.6 Å². The SMILES string of the molecule is CC(=O)N1CCSc2c[nH]c(C(=O)O)c21. The second-order valence-corrected chi connectivity index (χ2v) is 4.34. The number of hydrogen-bond acceptors (Lipinski definition) is 3. The largest absolute Gasteiger partial charge is 0.477 e. The maximum atomic E-state index is 11.3. The molecule has 1 aromatic heterocycles. The summed E-state index contributed by atoms with van der Waals surface area (Å²) in [4.78, 5) is 27.3. The molecule has 1 aromatic rings. The van der Waals surface area contributed by atoms with Crippen LogP contribution in [0.3, 0.4) is 0 Å². The summed E-state index contributed by atoms with van der Waals surface area (Å²) in [7, 11) is 0. The number of nitrogens with zero attached hydrogens (tertiary/aromatic N) is 1. The molecule has 15 heavy (non-hydrogen) atoms. The molecular weight excluding hydrogens is 216 g/mol. The number of amides is 1. The Morgan fingerprint density at radius 3 is 2.93 bits per heavy atom. The highest BCUT2D eigenvalue weighted by atomic mass is 32.2. The Hall–Kier alpha value is -1.43. The number of H-pyrrole nitrogens is 1. The molecule has 80 valence electrons.